The van der Waals surface area contributed by atoms with E-state index in [-0.39, 0.29) is 18.6 Å². The van der Waals surface area contributed by atoms with E-state index in [1.807, 2.05) is 26.0 Å². The molecule has 0 saturated heterocycles. The SMILES string of the molecule is COc1ncnc(OCc2c(-c3ccc(O[C@H]4CCC[C@H](C(=O)O)C4)c(C)n3)nnn2C)c1C. The van der Waals surface area contributed by atoms with Gasteiger partial charge >= 0.3 is 5.97 Å². The molecule has 0 spiro atoms. The normalized spacial score (nSPS) is 17.9. The Balaban J connectivity index is 1.50. The van der Waals surface area contributed by atoms with Crippen molar-refractivity contribution < 1.29 is 24.1 Å². The largest absolute Gasteiger partial charge is 0.489 e. The van der Waals surface area contributed by atoms with E-state index in [9.17, 15) is 9.90 Å². The Bertz CT molecular complexity index is 1180. The van der Waals surface area contributed by atoms with E-state index in [1.165, 1.54) is 6.33 Å². The summed E-state index contributed by atoms with van der Waals surface area (Å²) in [6.07, 6.45) is 4.14. The number of hydrogen-bond acceptors (Lipinski definition) is 9. The summed E-state index contributed by atoms with van der Waals surface area (Å²) in [5.74, 6) is 0.400. The minimum Gasteiger partial charge on any atom is -0.489 e. The molecule has 11 heteroatoms. The van der Waals surface area contributed by atoms with Gasteiger partial charge in [0.25, 0.3) is 0 Å². The van der Waals surface area contributed by atoms with Gasteiger partial charge in [0.2, 0.25) is 11.8 Å². The van der Waals surface area contributed by atoms with Crippen molar-refractivity contribution in [2.24, 2.45) is 13.0 Å². The predicted molar refractivity (Wildman–Crippen MR) is 121 cm³/mol. The molecule has 1 saturated carbocycles. The smallest absolute Gasteiger partial charge is 0.306 e. The zero-order valence-corrected chi connectivity index (χ0v) is 19.7. The number of carboxylic acids is 1. The van der Waals surface area contributed by atoms with Crippen LogP contribution in [-0.2, 0) is 18.4 Å². The van der Waals surface area contributed by atoms with Crippen molar-refractivity contribution in [2.75, 3.05) is 7.11 Å². The highest BCUT2D eigenvalue weighted by Crippen LogP contribution is 2.31. The second-order valence-electron chi connectivity index (χ2n) is 8.33. The summed E-state index contributed by atoms with van der Waals surface area (Å²) in [6.45, 7) is 3.86. The van der Waals surface area contributed by atoms with Crippen LogP contribution in [0.1, 0.15) is 42.6 Å². The van der Waals surface area contributed by atoms with Crippen molar-refractivity contribution in [1.82, 2.24) is 29.9 Å². The van der Waals surface area contributed by atoms with Gasteiger partial charge in [0.15, 0.2) is 0 Å². The number of carboxylic acid groups (broad SMARTS) is 1. The summed E-state index contributed by atoms with van der Waals surface area (Å²) < 4.78 is 18.9. The first-order valence-electron chi connectivity index (χ1n) is 11.1. The maximum Gasteiger partial charge on any atom is 0.306 e. The van der Waals surface area contributed by atoms with Crippen LogP contribution in [0.3, 0.4) is 0 Å². The van der Waals surface area contributed by atoms with Crippen LogP contribution in [0.25, 0.3) is 11.4 Å². The van der Waals surface area contributed by atoms with Gasteiger partial charge in [0.05, 0.1) is 36.1 Å². The van der Waals surface area contributed by atoms with Gasteiger partial charge in [0.1, 0.15) is 30.1 Å². The van der Waals surface area contributed by atoms with Crippen molar-refractivity contribution >= 4 is 5.97 Å². The van der Waals surface area contributed by atoms with Crippen LogP contribution in [0.4, 0.5) is 0 Å². The van der Waals surface area contributed by atoms with Crippen molar-refractivity contribution in [1.29, 1.82) is 0 Å². The van der Waals surface area contributed by atoms with Crippen LogP contribution in [-0.4, -0.2) is 54.2 Å². The first-order chi connectivity index (χ1) is 16.4. The Morgan fingerprint density at radius 3 is 2.74 bits per heavy atom. The Kier molecular flexibility index (Phi) is 6.90. The van der Waals surface area contributed by atoms with Crippen molar-refractivity contribution in [3.63, 3.8) is 0 Å². The van der Waals surface area contributed by atoms with E-state index in [0.717, 1.165) is 18.5 Å². The third-order valence-corrected chi connectivity index (χ3v) is 6.02. The fourth-order valence-corrected chi connectivity index (χ4v) is 4.11. The number of ether oxygens (including phenoxy) is 3. The number of methoxy groups -OCH3 is 1. The number of aryl methyl sites for hydroxylation is 2. The molecule has 180 valence electrons. The molecule has 0 bridgehead atoms. The third-order valence-electron chi connectivity index (χ3n) is 6.02. The van der Waals surface area contributed by atoms with Gasteiger partial charge < -0.3 is 19.3 Å². The molecule has 0 unspecified atom stereocenters. The molecule has 4 rings (SSSR count). The van der Waals surface area contributed by atoms with Gasteiger partial charge in [-0.05, 0) is 51.7 Å². The number of rotatable bonds is 8. The molecule has 2 atom stereocenters. The predicted octanol–water partition coefficient (Wildman–Crippen LogP) is 2.89. The topological polar surface area (TPSA) is 134 Å². The van der Waals surface area contributed by atoms with E-state index in [2.05, 4.69) is 25.3 Å². The van der Waals surface area contributed by atoms with Crippen molar-refractivity contribution in [2.45, 2.75) is 52.2 Å². The first-order valence-corrected chi connectivity index (χ1v) is 11.1. The van der Waals surface area contributed by atoms with Gasteiger partial charge in [-0.3, -0.25) is 4.79 Å². The zero-order chi connectivity index (χ0) is 24.2. The van der Waals surface area contributed by atoms with Gasteiger partial charge in [-0.2, -0.15) is 0 Å². The third kappa shape index (κ3) is 4.92. The summed E-state index contributed by atoms with van der Waals surface area (Å²) >= 11 is 0. The standard InChI is InChI=1S/C23H28N6O5/c1-13-21(32-4)24-12-25-22(13)33-11-18-20(27-28-29(18)3)17-8-9-19(14(2)26-17)34-16-7-5-6-15(10-16)23(30)31/h8-9,12,15-16H,5-7,10-11H2,1-4H3,(H,30,31)/t15-,16-/m0/s1. The Morgan fingerprint density at radius 2 is 2.00 bits per heavy atom. The lowest BCUT2D eigenvalue weighted by Gasteiger charge is -2.27. The maximum atomic E-state index is 11.3. The van der Waals surface area contributed by atoms with Crippen LogP contribution in [0, 0.1) is 19.8 Å². The van der Waals surface area contributed by atoms with Crippen molar-refractivity contribution in [3.8, 4) is 28.9 Å². The summed E-state index contributed by atoms with van der Waals surface area (Å²) in [7, 11) is 3.33. The molecule has 0 amide bonds. The molecule has 0 radical (unpaired) electrons. The summed E-state index contributed by atoms with van der Waals surface area (Å²) in [5, 5.41) is 17.7. The number of pyridine rings is 1. The molecule has 1 fully saturated rings. The van der Waals surface area contributed by atoms with Gasteiger partial charge in [-0.25, -0.2) is 19.6 Å². The number of aromatic nitrogens is 6. The average Bonchev–Trinajstić information content (AvgIpc) is 3.20. The lowest BCUT2D eigenvalue weighted by molar-refractivity contribution is -0.143. The monoisotopic (exact) mass is 468 g/mol. The van der Waals surface area contributed by atoms with E-state index in [0.29, 0.717) is 53.0 Å². The highest BCUT2D eigenvalue weighted by Gasteiger charge is 2.28. The van der Waals surface area contributed by atoms with E-state index < -0.39 is 5.97 Å². The summed E-state index contributed by atoms with van der Waals surface area (Å²) in [4.78, 5) is 24.3. The highest BCUT2D eigenvalue weighted by molar-refractivity contribution is 5.70. The van der Waals surface area contributed by atoms with Crippen molar-refractivity contribution in [3.05, 3.63) is 35.4 Å². The molecule has 34 heavy (non-hydrogen) atoms. The minimum absolute atomic E-state index is 0.130. The number of nitrogens with zero attached hydrogens (tertiary/aromatic N) is 6. The van der Waals surface area contributed by atoms with Gasteiger partial charge in [-0.15, -0.1) is 5.10 Å². The zero-order valence-electron chi connectivity index (χ0n) is 19.7. The quantitative estimate of drug-likeness (QED) is 0.526. The Morgan fingerprint density at radius 1 is 1.21 bits per heavy atom. The minimum atomic E-state index is -0.758. The second-order valence-corrected chi connectivity index (χ2v) is 8.33. The van der Waals surface area contributed by atoms with E-state index >= 15 is 0 Å². The molecule has 1 aliphatic rings. The number of carbonyl (C=O) groups is 1. The first kappa shape index (κ1) is 23.4. The molecule has 1 N–H and O–H groups in total. The molecule has 1 aliphatic carbocycles. The molecule has 3 aromatic rings. The number of aliphatic carboxylic acids is 1. The average molecular weight is 469 g/mol. The molecule has 3 heterocycles. The highest BCUT2D eigenvalue weighted by atomic mass is 16.5. The fourth-order valence-electron chi connectivity index (χ4n) is 4.11. The Labute approximate surface area is 197 Å². The van der Waals surface area contributed by atoms with Gasteiger partial charge in [0, 0.05) is 7.05 Å². The molecular formula is C23H28N6O5. The lowest BCUT2D eigenvalue weighted by Crippen LogP contribution is -2.29. The van der Waals surface area contributed by atoms with Crippen LogP contribution in [0.2, 0.25) is 0 Å². The summed E-state index contributed by atoms with van der Waals surface area (Å²) in [5.41, 5.74) is 3.36. The fraction of sp³-hybridized carbons (Fsp3) is 0.478. The molecule has 0 aromatic carbocycles. The van der Waals surface area contributed by atoms with Crippen LogP contribution in [0.5, 0.6) is 17.5 Å². The van der Waals surface area contributed by atoms with Crippen LogP contribution in [0.15, 0.2) is 18.5 Å². The van der Waals surface area contributed by atoms with Crippen LogP contribution >= 0.6 is 0 Å². The molecule has 11 nitrogen and oxygen atoms in total. The second kappa shape index (κ2) is 10.0. The Hall–Kier alpha value is -3.76. The van der Waals surface area contributed by atoms with E-state index in [1.54, 1.807) is 18.8 Å². The molecule has 0 aliphatic heterocycles. The molecule has 3 aromatic heterocycles. The van der Waals surface area contributed by atoms with Gasteiger partial charge in [-0.1, -0.05) is 5.21 Å². The van der Waals surface area contributed by atoms with Crippen LogP contribution < -0.4 is 14.2 Å². The number of hydrogen-bond donors (Lipinski definition) is 1. The summed E-state index contributed by atoms with van der Waals surface area (Å²) in [6, 6.07) is 3.67. The lowest BCUT2D eigenvalue weighted by atomic mass is 9.87. The maximum absolute atomic E-state index is 11.3. The van der Waals surface area contributed by atoms with E-state index in [4.69, 9.17) is 14.2 Å². The molecular weight excluding hydrogens is 440 g/mol.